The van der Waals surface area contributed by atoms with Crippen LogP contribution in [0.3, 0.4) is 0 Å². The van der Waals surface area contributed by atoms with Crippen LogP contribution in [0.2, 0.25) is 0 Å². The van der Waals surface area contributed by atoms with E-state index in [1.54, 1.807) is 6.92 Å². The van der Waals surface area contributed by atoms with Crippen molar-refractivity contribution in [3.05, 3.63) is 11.8 Å². The zero-order chi connectivity index (χ0) is 18.4. The van der Waals surface area contributed by atoms with Crippen LogP contribution in [-0.2, 0) is 9.53 Å². The van der Waals surface area contributed by atoms with Gasteiger partial charge in [0.1, 0.15) is 11.4 Å². The number of carbonyl (C=O) groups is 2. The Kier molecular flexibility index (Phi) is 7.04. The molecule has 2 heterocycles. The topological polar surface area (TPSA) is 98.4 Å². The number of likely N-dealkylation sites (tertiary alicyclic amines) is 1. The summed E-state index contributed by atoms with van der Waals surface area (Å²) >= 11 is 1.26. The van der Waals surface area contributed by atoms with Crippen LogP contribution in [0.5, 0.6) is 0 Å². The van der Waals surface area contributed by atoms with Gasteiger partial charge in [0.2, 0.25) is 5.91 Å². The van der Waals surface area contributed by atoms with Gasteiger partial charge in [-0.3, -0.25) is 4.79 Å². The minimum absolute atomic E-state index is 0.0695. The number of rotatable bonds is 6. The Labute approximate surface area is 152 Å². The van der Waals surface area contributed by atoms with E-state index in [0.29, 0.717) is 11.2 Å². The number of anilines is 1. The molecule has 0 bridgehead atoms. The van der Waals surface area contributed by atoms with E-state index >= 15 is 0 Å². The number of amides is 1. The molecule has 1 aromatic rings. The summed E-state index contributed by atoms with van der Waals surface area (Å²) in [6.07, 6.45) is 5.63. The number of nitrogens with zero attached hydrogens (tertiary/aromatic N) is 3. The van der Waals surface area contributed by atoms with Crippen molar-refractivity contribution in [2.45, 2.75) is 62.9 Å². The van der Waals surface area contributed by atoms with Crippen LogP contribution in [-0.4, -0.2) is 51.2 Å². The quantitative estimate of drug-likeness (QED) is 0.469. The van der Waals surface area contributed by atoms with Crippen molar-refractivity contribution in [3.63, 3.8) is 0 Å². The molecular formula is C17H26N4O3S. The standard InChI is InChI=1S/C17H26N4O3S/c1-4-12-8-6-7-9-21(12)15(22)11(3)25-17-19-10-13(14(18)20-17)16(23)24-5-2/h10-12H,4-9H2,1-3H3,(H2,18,19,20). The number of carbonyl (C=O) groups excluding carboxylic acids is 2. The zero-order valence-corrected chi connectivity index (χ0v) is 15.8. The molecule has 0 saturated carbocycles. The van der Waals surface area contributed by atoms with E-state index in [1.807, 2.05) is 11.8 Å². The van der Waals surface area contributed by atoms with Gasteiger partial charge in [0.05, 0.1) is 11.9 Å². The van der Waals surface area contributed by atoms with Gasteiger partial charge in [0.25, 0.3) is 0 Å². The number of hydrogen-bond donors (Lipinski definition) is 1. The highest BCUT2D eigenvalue weighted by molar-refractivity contribution is 8.00. The van der Waals surface area contributed by atoms with E-state index in [-0.39, 0.29) is 29.1 Å². The molecule has 0 aliphatic carbocycles. The minimum atomic E-state index is -0.542. The van der Waals surface area contributed by atoms with Crippen LogP contribution in [0.4, 0.5) is 5.82 Å². The van der Waals surface area contributed by atoms with Gasteiger partial charge in [0.15, 0.2) is 5.16 Å². The maximum absolute atomic E-state index is 12.8. The first-order valence-electron chi connectivity index (χ1n) is 8.74. The molecule has 8 heteroatoms. The summed E-state index contributed by atoms with van der Waals surface area (Å²) in [5.41, 5.74) is 5.98. The fourth-order valence-electron chi connectivity index (χ4n) is 2.96. The fourth-order valence-corrected chi connectivity index (χ4v) is 3.78. The second-order valence-electron chi connectivity index (χ2n) is 6.02. The van der Waals surface area contributed by atoms with Gasteiger partial charge >= 0.3 is 5.97 Å². The van der Waals surface area contributed by atoms with Gasteiger partial charge in [-0.1, -0.05) is 18.7 Å². The van der Waals surface area contributed by atoms with Crippen LogP contribution in [0.25, 0.3) is 0 Å². The molecule has 1 fully saturated rings. The molecule has 7 nitrogen and oxygen atoms in total. The molecule has 2 N–H and O–H groups in total. The van der Waals surface area contributed by atoms with Crippen LogP contribution in [0.1, 0.15) is 56.8 Å². The summed E-state index contributed by atoms with van der Waals surface area (Å²) in [5.74, 6) is -0.368. The molecule has 0 aromatic carbocycles. The van der Waals surface area contributed by atoms with E-state index in [1.165, 1.54) is 24.4 Å². The minimum Gasteiger partial charge on any atom is -0.462 e. The van der Waals surface area contributed by atoms with Gasteiger partial charge in [-0.05, 0) is 39.5 Å². The monoisotopic (exact) mass is 366 g/mol. The summed E-state index contributed by atoms with van der Waals surface area (Å²) in [4.78, 5) is 34.8. The van der Waals surface area contributed by atoms with E-state index in [0.717, 1.165) is 25.8 Å². The van der Waals surface area contributed by atoms with E-state index in [9.17, 15) is 9.59 Å². The van der Waals surface area contributed by atoms with Gasteiger partial charge in [-0.15, -0.1) is 0 Å². The summed E-state index contributed by atoms with van der Waals surface area (Å²) in [6, 6.07) is 0.321. The smallest absolute Gasteiger partial charge is 0.343 e. The molecule has 1 saturated heterocycles. The van der Waals surface area contributed by atoms with Crippen LogP contribution in [0, 0.1) is 0 Å². The number of esters is 1. The number of hydrogen-bond acceptors (Lipinski definition) is 7. The summed E-state index contributed by atoms with van der Waals surface area (Å²) in [7, 11) is 0. The van der Waals surface area contributed by atoms with Crippen molar-refractivity contribution in [2.24, 2.45) is 0 Å². The Morgan fingerprint density at radius 3 is 2.84 bits per heavy atom. The molecule has 1 aliphatic heterocycles. The molecule has 1 aliphatic rings. The van der Waals surface area contributed by atoms with Crippen molar-refractivity contribution >= 4 is 29.5 Å². The Bertz CT molecular complexity index is 626. The molecule has 138 valence electrons. The highest BCUT2D eigenvalue weighted by Crippen LogP contribution is 2.26. The van der Waals surface area contributed by atoms with Crippen molar-refractivity contribution in [1.82, 2.24) is 14.9 Å². The lowest BCUT2D eigenvalue weighted by Crippen LogP contribution is -2.46. The predicted molar refractivity (Wildman–Crippen MR) is 97.4 cm³/mol. The second kappa shape index (κ2) is 9.03. The Morgan fingerprint density at radius 1 is 1.44 bits per heavy atom. The molecule has 1 aromatic heterocycles. The maximum Gasteiger partial charge on any atom is 0.343 e. The summed E-state index contributed by atoms with van der Waals surface area (Å²) in [6.45, 7) is 6.76. The van der Waals surface area contributed by atoms with E-state index in [2.05, 4.69) is 16.9 Å². The number of piperidine rings is 1. The lowest BCUT2D eigenvalue weighted by Gasteiger charge is -2.36. The first-order valence-corrected chi connectivity index (χ1v) is 9.62. The third-order valence-electron chi connectivity index (χ3n) is 4.30. The molecule has 2 unspecified atom stereocenters. The third-order valence-corrected chi connectivity index (χ3v) is 5.27. The molecule has 25 heavy (non-hydrogen) atoms. The number of ether oxygens (including phenoxy) is 1. The van der Waals surface area contributed by atoms with Gasteiger partial charge in [0, 0.05) is 18.8 Å². The normalized spacial score (nSPS) is 18.7. The molecular weight excluding hydrogens is 340 g/mol. The average Bonchev–Trinajstić information content (AvgIpc) is 2.61. The van der Waals surface area contributed by atoms with Crippen molar-refractivity contribution < 1.29 is 14.3 Å². The van der Waals surface area contributed by atoms with Crippen LogP contribution < -0.4 is 5.73 Å². The largest absolute Gasteiger partial charge is 0.462 e. The second-order valence-corrected chi connectivity index (χ2v) is 7.33. The molecule has 2 atom stereocenters. The fraction of sp³-hybridized carbons (Fsp3) is 0.647. The Hall–Kier alpha value is -1.83. The zero-order valence-electron chi connectivity index (χ0n) is 15.0. The molecule has 0 radical (unpaired) electrons. The van der Waals surface area contributed by atoms with Gasteiger partial charge in [-0.25, -0.2) is 14.8 Å². The Balaban J connectivity index is 2.04. The average molecular weight is 366 g/mol. The highest BCUT2D eigenvalue weighted by atomic mass is 32.2. The Morgan fingerprint density at radius 2 is 2.20 bits per heavy atom. The third kappa shape index (κ3) is 4.84. The first kappa shape index (κ1) is 19.5. The van der Waals surface area contributed by atoms with Crippen molar-refractivity contribution in [3.8, 4) is 0 Å². The van der Waals surface area contributed by atoms with Crippen LogP contribution >= 0.6 is 11.8 Å². The number of nitrogen functional groups attached to an aromatic ring is 1. The van der Waals surface area contributed by atoms with E-state index < -0.39 is 5.97 Å². The van der Waals surface area contributed by atoms with Crippen molar-refractivity contribution in [1.29, 1.82) is 0 Å². The molecule has 2 rings (SSSR count). The lowest BCUT2D eigenvalue weighted by molar-refractivity contribution is -0.134. The SMILES string of the molecule is CCOC(=O)c1cnc(SC(C)C(=O)N2CCCCC2CC)nc1N. The predicted octanol–water partition coefficient (Wildman–Crippen LogP) is 2.51. The number of nitrogens with two attached hydrogens (primary N) is 1. The lowest BCUT2D eigenvalue weighted by atomic mass is 10.00. The molecule has 0 spiro atoms. The maximum atomic E-state index is 12.8. The first-order chi connectivity index (χ1) is 12.0. The van der Waals surface area contributed by atoms with Gasteiger partial charge < -0.3 is 15.4 Å². The van der Waals surface area contributed by atoms with E-state index in [4.69, 9.17) is 10.5 Å². The van der Waals surface area contributed by atoms with Crippen molar-refractivity contribution in [2.75, 3.05) is 18.9 Å². The summed E-state index contributed by atoms with van der Waals surface area (Å²) in [5, 5.41) is 0.0800. The number of aromatic nitrogens is 2. The van der Waals surface area contributed by atoms with Gasteiger partial charge in [-0.2, -0.15) is 0 Å². The number of thioether (sulfide) groups is 1. The van der Waals surface area contributed by atoms with Crippen LogP contribution in [0.15, 0.2) is 11.4 Å². The summed E-state index contributed by atoms with van der Waals surface area (Å²) < 4.78 is 4.90. The molecule has 1 amide bonds. The highest BCUT2D eigenvalue weighted by Gasteiger charge is 2.29.